The second-order valence-electron chi connectivity index (χ2n) is 6.35. The maximum atomic E-state index is 12.2. The van der Waals surface area contributed by atoms with Crippen LogP contribution in [0.3, 0.4) is 0 Å². The molecule has 4 heteroatoms. The molecular weight excluding hydrogens is 256 g/mol. The first-order valence-electron chi connectivity index (χ1n) is 6.88. The lowest BCUT2D eigenvalue weighted by Crippen LogP contribution is -2.42. The van der Waals surface area contributed by atoms with Crippen LogP contribution in [-0.4, -0.2) is 33.8 Å². The predicted molar refractivity (Wildman–Crippen MR) is 76.0 cm³/mol. The highest BCUT2D eigenvalue weighted by Gasteiger charge is 2.42. The lowest BCUT2D eigenvalue weighted by molar-refractivity contribution is -0.124. The Bertz CT molecular complexity index is 519. The van der Waals surface area contributed by atoms with E-state index in [-0.39, 0.29) is 12.2 Å². The maximum absolute atomic E-state index is 12.2. The van der Waals surface area contributed by atoms with Crippen LogP contribution in [-0.2, 0) is 9.53 Å². The van der Waals surface area contributed by atoms with E-state index in [1.807, 2.05) is 33.8 Å². The van der Waals surface area contributed by atoms with E-state index in [4.69, 9.17) is 4.74 Å². The zero-order valence-electron chi connectivity index (χ0n) is 12.4. The van der Waals surface area contributed by atoms with E-state index in [0.29, 0.717) is 23.3 Å². The summed E-state index contributed by atoms with van der Waals surface area (Å²) in [6.45, 7) is 7.58. The van der Waals surface area contributed by atoms with Crippen molar-refractivity contribution in [1.82, 2.24) is 0 Å². The van der Waals surface area contributed by atoms with E-state index >= 15 is 0 Å². The highest BCUT2D eigenvalue weighted by Crippen LogP contribution is 2.40. The zero-order valence-corrected chi connectivity index (χ0v) is 12.4. The normalized spacial score (nSPS) is 30.9. The summed E-state index contributed by atoms with van der Waals surface area (Å²) in [5.41, 5.74) is 1.46. The molecule has 2 aliphatic rings. The van der Waals surface area contributed by atoms with Crippen molar-refractivity contribution in [2.24, 2.45) is 0 Å². The number of hydrogen-bond acceptors (Lipinski definition) is 4. The first-order chi connectivity index (χ1) is 9.21. The smallest absolute Gasteiger partial charge is 0.166 e. The van der Waals surface area contributed by atoms with Crippen LogP contribution in [0.2, 0.25) is 0 Å². The van der Waals surface area contributed by atoms with Gasteiger partial charge in [0, 0.05) is 17.6 Å². The third-order valence-corrected chi connectivity index (χ3v) is 3.53. The second-order valence-corrected chi connectivity index (χ2v) is 6.35. The minimum absolute atomic E-state index is 0.00898. The van der Waals surface area contributed by atoms with Gasteiger partial charge in [0.05, 0.1) is 12.5 Å². The van der Waals surface area contributed by atoms with Crippen LogP contribution in [0.15, 0.2) is 34.6 Å². The molecule has 0 radical (unpaired) electrons. The number of Topliss-reactive ketones (excluding diaryl/α,β-unsaturated/α-hetero) is 1. The number of ether oxygens (including phenoxy) is 1. The van der Waals surface area contributed by atoms with Gasteiger partial charge in [-0.25, -0.2) is 0 Å². The minimum Gasteiger partial charge on any atom is -0.487 e. The topological polar surface area (TPSA) is 66.8 Å². The van der Waals surface area contributed by atoms with Crippen molar-refractivity contribution >= 4 is 5.78 Å². The quantitative estimate of drug-likeness (QED) is 0.770. The van der Waals surface area contributed by atoms with Gasteiger partial charge in [0.1, 0.15) is 17.5 Å². The van der Waals surface area contributed by atoms with E-state index < -0.39 is 17.8 Å². The Kier molecular flexibility index (Phi) is 3.89. The van der Waals surface area contributed by atoms with Gasteiger partial charge in [-0.15, -0.1) is 0 Å². The Labute approximate surface area is 119 Å². The highest BCUT2D eigenvalue weighted by atomic mass is 16.5. The van der Waals surface area contributed by atoms with Gasteiger partial charge >= 0.3 is 0 Å². The van der Waals surface area contributed by atoms with Crippen LogP contribution in [0, 0.1) is 0 Å². The average molecular weight is 278 g/mol. The van der Waals surface area contributed by atoms with Crippen LogP contribution in [0.5, 0.6) is 0 Å². The van der Waals surface area contributed by atoms with Crippen LogP contribution in [0.1, 0.15) is 40.5 Å². The lowest BCUT2D eigenvalue weighted by Gasteiger charge is -2.39. The van der Waals surface area contributed by atoms with Crippen LogP contribution in [0.4, 0.5) is 0 Å². The molecule has 0 amide bonds. The molecule has 1 aliphatic heterocycles. The summed E-state index contributed by atoms with van der Waals surface area (Å²) in [6.07, 6.45) is 2.04. The molecule has 2 rings (SSSR count). The Morgan fingerprint density at radius 3 is 2.60 bits per heavy atom. The number of allylic oxidation sites excluding steroid dienone is 3. The van der Waals surface area contributed by atoms with Crippen LogP contribution < -0.4 is 0 Å². The Hall–Kier alpha value is -1.39. The van der Waals surface area contributed by atoms with Crippen LogP contribution in [0.25, 0.3) is 0 Å². The number of carbonyl (C=O) groups is 1. The largest absolute Gasteiger partial charge is 0.487 e. The average Bonchev–Trinajstić information content (AvgIpc) is 2.30. The van der Waals surface area contributed by atoms with Crippen molar-refractivity contribution in [2.75, 3.05) is 0 Å². The molecule has 0 saturated heterocycles. The molecule has 0 spiro atoms. The van der Waals surface area contributed by atoms with E-state index in [1.54, 1.807) is 6.08 Å². The molecule has 0 aromatic carbocycles. The molecule has 0 aromatic rings. The number of aliphatic hydroxyl groups is 2. The van der Waals surface area contributed by atoms with E-state index in [2.05, 4.69) is 0 Å². The third kappa shape index (κ3) is 2.86. The first-order valence-corrected chi connectivity index (χ1v) is 6.88. The number of hydrogen-bond donors (Lipinski definition) is 2. The number of rotatable bonds is 1. The van der Waals surface area contributed by atoms with Gasteiger partial charge in [0.15, 0.2) is 5.78 Å². The molecule has 0 fully saturated rings. The molecule has 20 heavy (non-hydrogen) atoms. The fourth-order valence-corrected chi connectivity index (χ4v) is 2.53. The van der Waals surface area contributed by atoms with Crippen molar-refractivity contribution in [1.29, 1.82) is 0 Å². The molecule has 0 saturated carbocycles. The standard InChI is InChI=1S/C16H22O4/c1-9(2)5-6-10-14(19)12(17)7-11-13(18)8-16(3,4)20-15(10)11/h5-6,12,14,17,19H,7-8H2,1-4H3. The molecule has 1 heterocycles. The molecule has 2 N–H and O–H groups in total. The molecule has 1 aliphatic carbocycles. The van der Waals surface area contributed by atoms with Crippen molar-refractivity contribution in [3.63, 3.8) is 0 Å². The first kappa shape index (κ1) is 15.0. The molecule has 4 nitrogen and oxygen atoms in total. The number of ketones is 1. The van der Waals surface area contributed by atoms with Gasteiger partial charge < -0.3 is 14.9 Å². The summed E-state index contributed by atoms with van der Waals surface area (Å²) in [5.74, 6) is 0.437. The summed E-state index contributed by atoms with van der Waals surface area (Å²) in [5, 5.41) is 20.1. The van der Waals surface area contributed by atoms with Crippen molar-refractivity contribution < 1.29 is 19.7 Å². The van der Waals surface area contributed by atoms with Crippen molar-refractivity contribution in [3.05, 3.63) is 34.6 Å². The molecule has 2 unspecified atom stereocenters. The monoisotopic (exact) mass is 278 g/mol. The Morgan fingerprint density at radius 1 is 1.35 bits per heavy atom. The van der Waals surface area contributed by atoms with Crippen molar-refractivity contribution in [3.8, 4) is 0 Å². The summed E-state index contributed by atoms with van der Waals surface area (Å²) in [7, 11) is 0. The molecule has 0 aromatic heterocycles. The molecule has 2 atom stereocenters. The second kappa shape index (κ2) is 5.19. The minimum atomic E-state index is -1.02. The van der Waals surface area contributed by atoms with Gasteiger partial charge in [0.2, 0.25) is 0 Å². The number of carbonyl (C=O) groups excluding carboxylic acids is 1. The van der Waals surface area contributed by atoms with E-state index in [1.165, 1.54) is 0 Å². The fourth-order valence-electron chi connectivity index (χ4n) is 2.53. The van der Waals surface area contributed by atoms with E-state index in [9.17, 15) is 15.0 Å². The summed E-state index contributed by atoms with van der Waals surface area (Å²) in [4.78, 5) is 12.2. The molecular formula is C16H22O4. The predicted octanol–water partition coefficient (Wildman–Crippen LogP) is 2.03. The lowest BCUT2D eigenvalue weighted by atomic mass is 9.81. The fraction of sp³-hybridized carbons (Fsp3) is 0.562. The van der Waals surface area contributed by atoms with Crippen molar-refractivity contribution in [2.45, 2.75) is 58.3 Å². The summed E-state index contributed by atoms with van der Waals surface area (Å²) in [6, 6.07) is 0. The Balaban J connectivity index is 2.52. The van der Waals surface area contributed by atoms with Crippen LogP contribution >= 0.6 is 0 Å². The maximum Gasteiger partial charge on any atom is 0.166 e. The van der Waals surface area contributed by atoms with Gasteiger partial charge in [-0.1, -0.05) is 17.7 Å². The Morgan fingerprint density at radius 2 is 2.00 bits per heavy atom. The molecule has 110 valence electrons. The van der Waals surface area contributed by atoms with Gasteiger partial charge in [-0.3, -0.25) is 4.79 Å². The number of aliphatic hydroxyl groups excluding tert-OH is 2. The summed E-state index contributed by atoms with van der Waals surface area (Å²) < 4.78 is 5.90. The SMILES string of the molecule is CC(C)=CC=C1C2=C(CC(O)C1O)C(=O)CC(C)(C)O2. The van der Waals surface area contributed by atoms with Gasteiger partial charge in [0.25, 0.3) is 0 Å². The molecule has 0 bridgehead atoms. The third-order valence-electron chi connectivity index (χ3n) is 3.53. The zero-order chi connectivity index (χ0) is 15.1. The van der Waals surface area contributed by atoms with Gasteiger partial charge in [-0.05, 0) is 27.7 Å². The van der Waals surface area contributed by atoms with E-state index in [0.717, 1.165) is 5.57 Å². The van der Waals surface area contributed by atoms with Gasteiger partial charge in [-0.2, -0.15) is 0 Å². The highest BCUT2D eigenvalue weighted by molar-refractivity contribution is 5.98. The summed E-state index contributed by atoms with van der Waals surface area (Å²) >= 11 is 0.